The van der Waals surface area contributed by atoms with Crippen molar-refractivity contribution in [1.29, 1.82) is 0 Å². The molecule has 0 saturated heterocycles. The second-order valence-electron chi connectivity index (χ2n) is 5.49. The minimum Gasteiger partial charge on any atom is -0.496 e. The summed E-state index contributed by atoms with van der Waals surface area (Å²) < 4.78 is 5.46. The Hall–Kier alpha value is -2.00. The van der Waals surface area contributed by atoms with Gasteiger partial charge < -0.3 is 10.5 Å². The highest BCUT2D eigenvalue weighted by atomic mass is 16.5. The Balaban J connectivity index is 1.79. The van der Waals surface area contributed by atoms with E-state index >= 15 is 0 Å². The lowest BCUT2D eigenvalue weighted by atomic mass is 10.1. The lowest BCUT2D eigenvalue weighted by Gasteiger charge is -2.17. The Morgan fingerprint density at radius 3 is 2.70 bits per heavy atom. The summed E-state index contributed by atoms with van der Waals surface area (Å²) in [6.45, 7) is 4.95. The molecule has 3 rings (SSSR count). The maximum absolute atomic E-state index is 5.86. The van der Waals surface area contributed by atoms with Crippen LogP contribution in [0.2, 0.25) is 0 Å². The van der Waals surface area contributed by atoms with Crippen LogP contribution < -0.4 is 10.5 Å². The topological polar surface area (TPSA) is 38.5 Å². The first kappa shape index (κ1) is 13.0. The number of nitrogens with two attached hydrogens (primary N) is 1. The maximum Gasteiger partial charge on any atom is 0.123 e. The number of aryl methyl sites for hydroxylation is 1. The average Bonchev–Trinajstić information content (AvgIpc) is 2.80. The molecule has 2 aromatic rings. The molecule has 1 aliphatic rings. The molecule has 0 amide bonds. The van der Waals surface area contributed by atoms with Gasteiger partial charge in [-0.15, -0.1) is 0 Å². The molecule has 2 N–H and O–H groups in total. The average molecular weight is 268 g/mol. The van der Waals surface area contributed by atoms with Crippen LogP contribution in [-0.2, 0) is 19.6 Å². The SMILES string of the molecule is COc1ccc(C)cc1CN1Cc2ccc(N)cc2C1. The van der Waals surface area contributed by atoms with Crippen molar-refractivity contribution in [2.75, 3.05) is 12.8 Å². The Morgan fingerprint density at radius 1 is 1.10 bits per heavy atom. The zero-order valence-corrected chi connectivity index (χ0v) is 12.0. The molecule has 0 unspecified atom stereocenters. The number of benzene rings is 2. The predicted molar refractivity (Wildman–Crippen MR) is 81.5 cm³/mol. The molecule has 1 heterocycles. The summed E-state index contributed by atoms with van der Waals surface area (Å²) in [7, 11) is 1.73. The smallest absolute Gasteiger partial charge is 0.123 e. The Kier molecular flexibility index (Phi) is 3.36. The molecule has 0 spiro atoms. The lowest BCUT2D eigenvalue weighted by Crippen LogP contribution is -2.16. The normalized spacial score (nSPS) is 14.3. The third-order valence-corrected chi connectivity index (χ3v) is 3.85. The fraction of sp³-hybridized carbons (Fsp3) is 0.294. The van der Waals surface area contributed by atoms with Crippen LogP contribution in [0, 0.1) is 6.92 Å². The van der Waals surface area contributed by atoms with Gasteiger partial charge in [-0.1, -0.05) is 23.8 Å². The van der Waals surface area contributed by atoms with Gasteiger partial charge in [-0.3, -0.25) is 4.90 Å². The third kappa shape index (κ3) is 2.49. The molecule has 0 aliphatic carbocycles. The number of rotatable bonds is 3. The van der Waals surface area contributed by atoms with E-state index in [2.05, 4.69) is 36.1 Å². The quantitative estimate of drug-likeness (QED) is 0.869. The van der Waals surface area contributed by atoms with Gasteiger partial charge in [-0.05, 0) is 36.2 Å². The molecular weight excluding hydrogens is 248 g/mol. The molecule has 0 saturated carbocycles. The van der Waals surface area contributed by atoms with Gasteiger partial charge in [0, 0.05) is 30.9 Å². The van der Waals surface area contributed by atoms with Crippen LogP contribution in [0.1, 0.15) is 22.3 Å². The standard InChI is InChI=1S/C17H20N2O/c1-12-3-6-17(20-2)15(7-12)11-19-9-13-4-5-16(18)8-14(13)10-19/h3-8H,9-11,18H2,1-2H3. The van der Waals surface area contributed by atoms with E-state index < -0.39 is 0 Å². The van der Waals surface area contributed by atoms with Gasteiger partial charge in [0.25, 0.3) is 0 Å². The number of ether oxygens (including phenoxy) is 1. The molecule has 20 heavy (non-hydrogen) atoms. The molecule has 1 aliphatic heterocycles. The van der Waals surface area contributed by atoms with E-state index in [1.54, 1.807) is 7.11 Å². The molecule has 0 fully saturated rings. The van der Waals surface area contributed by atoms with Gasteiger partial charge in [0.1, 0.15) is 5.75 Å². The van der Waals surface area contributed by atoms with E-state index in [9.17, 15) is 0 Å². The molecule has 104 valence electrons. The second-order valence-corrected chi connectivity index (χ2v) is 5.49. The monoisotopic (exact) mass is 268 g/mol. The Morgan fingerprint density at radius 2 is 1.90 bits per heavy atom. The summed E-state index contributed by atoms with van der Waals surface area (Å²) in [6, 6.07) is 12.5. The van der Waals surface area contributed by atoms with E-state index in [0.29, 0.717) is 0 Å². The summed E-state index contributed by atoms with van der Waals surface area (Å²) in [6.07, 6.45) is 0. The largest absolute Gasteiger partial charge is 0.496 e. The summed E-state index contributed by atoms with van der Waals surface area (Å²) in [5.74, 6) is 0.964. The second kappa shape index (κ2) is 5.17. The van der Waals surface area contributed by atoms with Crippen LogP contribution in [0.4, 0.5) is 5.69 Å². The molecule has 0 atom stereocenters. The highest BCUT2D eigenvalue weighted by Gasteiger charge is 2.20. The summed E-state index contributed by atoms with van der Waals surface area (Å²) >= 11 is 0. The van der Waals surface area contributed by atoms with E-state index in [1.807, 2.05) is 12.1 Å². The number of nitrogens with zero attached hydrogens (tertiary/aromatic N) is 1. The summed E-state index contributed by atoms with van der Waals surface area (Å²) in [5.41, 5.74) is 11.9. The third-order valence-electron chi connectivity index (χ3n) is 3.85. The molecule has 3 heteroatoms. The minimum absolute atomic E-state index is 0.846. The van der Waals surface area contributed by atoms with Crippen LogP contribution in [0.25, 0.3) is 0 Å². The van der Waals surface area contributed by atoms with Crippen molar-refractivity contribution in [3.05, 3.63) is 58.7 Å². The zero-order valence-electron chi connectivity index (χ0n) is 12.0. The first-order chi connectivity index (χ1) is 9.65. The van der Waals surface area contributed by atoms with Gasteiger partial charge >= 0.3 is 0 Å². The fourth-order valence-corrected chi connectivity index (χ4v) is 2.87. The highest BCUT2D eigenvalue weighted by molar-refractivity contribution is 5.46. The van der Waals surface area contributed by atoms with E-state index in [1.165, 1.54) is 22.3 Å². The molecule has 0 radical (unpaired) electrons. The van der Waals surface area contributed by atoms with Crippen molar-refractivity contribution in [2.45, 2.75) is 26.6 Å². The molecule has 0 bridgehead atoms. The molecule has 3 nitrogen and oxygen atoms in total. The number of nitrogen functional groups attached to an aromatic ring is 1. The Bertz CT molecular complexity index is 637. The van der Waals surface area contributed by atoms with Gasteiger partial charge in [0.2, 0.25) is 0 Å². The van der Waals surface area contributed by atoms with Crippen LogP contribution in [0.15, 0.2) is 36.4 Å². The van der Waals surface area contributed by atoms with Crippen molar-refractivity contribution >= 4 is 5.69 Å². The fourth-order valence-electron chi connectivity index (χ4n) is 2.87. The van der Waals surface area contributed by atoms with E-state index in [-0.39, 0.29) is 0 Å². The highest BCUT2D eigenvalue weighted by Crippen LogP contribution is 2.28. The van der Waals surface area contributed by atoms with Crippen LogP contribution >= 0.6 is 0 Å². The van der Waals surface area contributed by atoms with Crippen molar-refractivity contribution < 1.29 is 4.74 Å². The summed E-state index contributed by atoms with van der Waals surface area (Å²) in [5, 5.41) is 0. The number of hydrogen-bond acceptors (Lipinski definition) is 3. The summed E-state index contributed by atoms with van der Waals surface area (Å²) in [4.78, 5) is 2.42. The van der Waals surface area contributed by atoms with Crippen LogP contribution in [-0.4, -0.2) is 12.0 Å². The van der Waals surface area contributed by atoms with Crippen molar-refractivity contribution in [1.82, 2.24) is 4.90 Å². The van der Waals surface area contributed by atoms with Crippen molar-refractivity contribution in [3.8, 4) is 5.75 Å². The van der Waals surface area contributed by atoms with Crippen LogP contribution in [0.5, 0.6) is 5.75 Å². The molecular formula is C17H20N2O. The predicted octanol–water partition coefficient (Wildman–Crippen LogP) is 3.10. The number of hydrogen-bond donors (Lipinski definition) is 1. The lowest BCUT2D eigenvalue weighted by molar-refractivity contribution is 0.270. The number of anilines is 1. The number of methoxy groups -OCH3 is 1. The van der Waals surface area contributed by atoms with Gasteiger partial charge in [0.05, 0.1) is 7.11 Å². The first-order valence-corrected chi connectivity index (χ1v) is 6.89. The van der Waals surface area contributed by atoms with Gasteiger partial charge in [-0.2, -0.15) is 0 Å². The van der Waals surface area contributed by atoms with E-state index in [0.717, 1.165) is 31.1 Å². The van der Waals surface area contributed by atoms with Crippen molar-refractivity contribution in [3.63, 3.8) is 0 Å². The minimum atomic E-state index is 0.846. The van der Waals surface area contributed by atoms with Gasteiger partial charge in [0.15, 0.2) is 0 Å². The van der Waals surface area contributed by atoms with Crippen LogP contribution in [0.3, 0.4) is 0 Å². The zero-order chi connectivity index (χ0) is 14.1. The first-order valence-electron chi connectivity index (χ1n) is 6.89. The van der Waals surface area contributed by atoms with Gasteiger partial charge in [-0.25, -0.2) is 0 Å². The maximum atomic E-state index is 5.86. The number of fused-ring (bicyclic) bond motifs is 1. The Labute approximate surface area is 120 Å². The molecule has 0 aromatic heterocycles. The van der Waals surface area contributed by atoms with Crippen molar-refractivity contribution in [2.24, 2.45) is 0 Å². The molecule has 2 aromatic carbocycles. The van der Waals surface area contributed by atoms with E-state index in [4.69, 9.17) is 10.5 Å².